The minimum atomic E-state index is -0.614. The lowest BCUT2D eigenvalue weighted by atomic mass is 10.2. The van der Waals surface area contributed by atoms with Gasteiger partial charge in [-0.2, -0.15) is 4.98 Å². The number of halogens is 2. The van der Waals surface area contributed by atoms with E-state index in [9.17, 15) is 14.5 Å². The van der Waals surface area contributed by atoms with Gasteiger partial charge in [-0.15, -0.1) is 0 Å². The first kappa shape index (κ1) is 19.6. The van der Waals surface area contributed by atoms with Crippen LogP contribution in [-0.4, -0.2) is 19.9 Å². The molecular formula is C20H13BrFN5O3. The zero-order valence-corrected chi connectivity index (χ0v) is 16.8. The molecule has 150 valence electrons. The van der Waals surface area contributed by atoms with Crippen molar-refractivity contribution in [1.29, 1.82) is 0 Å². The number of rotatable bonds is 6. The van der Waals surface area contributed by atoms with Crippen molar-refractivity contribution in [3.05, 3.63) is 87.0 Å². The molecule has 0 radical (unpaired) electrons. The van der Waals surface area contributed by atoms with Crippen LogP contribution in [0.2, 0.25) is 0 Å². The summed E-state index contributed by atoms with van der Waals surface area (Å²) in [5.41, 5.74) is 0.849. The van der Waals surface area contributed by atoms with Gasteiger partial charge in [0, 0.05) is 22.6 Å². The van der Waals surface area contributed by atoms with Crippen LogP contribution in [0.1, 0.15) is 5.56 Å². The Kier molecular flexibility index (Phi) is 5.48. The van der Waals surface area contributed by atoms with Gasteiger partial charge in [-0.3, -0.25) is 15.1 Å². The summed E-state index contributed by atoms with van der Waals surface area (Å²) in [4.78, 5) is 23.3. The molecule has 0 aliphatic heterocycles. The normalized spacial score (nSPS) is 10.7. The molecule has 2 heterocycles. The fourth-order valence-corrected chi connectivity index (χ4v) is 3.27. The maximum Gasteiger partial charge on any atom is 0.373 e. The number of benzene rings is 2. The quantitative estimate of drug-likeness (QED) is 0.304. The second-order valence-electron chi connectivity index (χ2n) is 6.16. The third kappa shape index (κ3) is 4.03. The van der Waals surface area contributed by atoms with Crippen molar-refractivity contribution in [2.75, 3.05) is 5.32 Å². The Hall–Kier alpha value is -3.66. The fraction of sp³-hybridized carbons (Fsp3) is 0.0500. The summed E-state index contributed by atoms with van der Waals surface area (Å²) in [5.74, 6) is -0.271. The van der Waals surface area contributed by atoms with Crippen LogP contribution in [0, 0.1) is 15.9 Å². The van der Waals surface area contributed by atoms with E-state index in [1.807, 2.05) is 6.07 Å². The van der Waals surface area contributed by atoms with E-state index in [4.69, 9.17) is 4.74 Å². The van der Waals surface area contributed by atoms with E-state index in [2.05, 4.69) is 36.2 Å². The van der Waals surface area contributed by atoms with Gasteiger partial charge in [-0.05, 0) is 35.9 Å². The molecule has 0 amide bonds. The van der Waals surface area contributed by atoms with E-state index in [-0.39, 0.29) is 24.1 Å². The number of nitro groups is 1. The van der Waals surface area contributed by atoms with Crippen molar-refractivity contribution in [1.82, 2.24) is 15.0 Å². The molecule has 0 saturated heterocycles. The van der Waals surface area contributed by atoms with Gasteiger partial charge >= 0.3 is 11.6 Å². The largest absolute Gasteiger partial charge is 0.431 e. The van der Waals surface area contributed by atoms with E-state index in [0.29, 0.717) is 11.3 Å². The van der Waals surface area contributed by atoms with Crippen molar-refractivity contribution >= 4 is 38.3 Å². The monoisotopic (exact) mass is 469 g/mol. The highest BCUT2D eigenvalue weighted by atomic mass is 79.9. The Morgan fingerprint density at radius 2 is 1.90 bits per heavy atom. The molecule has 2 aromatic carbocycles. The number of fused-ring (bicyclic) bond motifs is 1. The third-order valence-electron chi connectivity index (χ3n) is 4.23. The first-order valence-corrected chi connectivity index (χ1v) is 9.51. The standard InChI is InChI=1S/C20H13BrFN5O3/c21-15-7-8-16(17-14(15)2-1-9-23-17)30-20-18(27(28)29)19(25-11-26-20)24-10-12-3-5-13(22)6-4-12/h1-9,11H,10H2,(H,24,25,26). The molecule has 30 heavy (non-hydrogen) atoms. The summed E-state index contributed by atoms with van der Waals surface area (Å²) in [7, 11) is 0. The van der Waals surface area contributed by atoms with E-state index in [1.54, 1.807) is 36.5 Å². The molecule has 4 aromatic rings. The van der Waals surface area contributed by atoms with Crippen molar-refractivity contribution in [2.24, 2.45) is 0 Å². The highest BCUT2D eigenvalue weighted by molar-refractivity contribution is 9.10. The Bertz CT molecular complexity index is 1240. The van der Waals surface area contributed by atoms with Gasteiger partial charge in [0.25, 0.3) is 0 Å². The number of anilines is 1. The number of hydrogen-bond donors (Lipinski definition) is 1. The fourth-order valence-electron chi connectivity index (χ4n) is 2.82. The van der Waals surface area contributed by atoms with Gasteiger partial charge in [-0.1, -0.05) is 34.1 Å². The summed E-state index contributed by atoms with van der Waals surface area (Å²) in [6.07, 6.45) is 2.77. The third-order valence-corrected chi connectivity index (χ3v) is 4.92. The molecule has 0 unspecified atom stereocenters. The molecule has 0 fully saturated rings. The SMILES string of the molecule is O=[N+]([O-])c1c(NCc2ccc(F)cc2)ncnc1Oc1ccc(Br)c2cccnc12. The summed E-state index contributed by atoms with van der Waals surface area (Å²) >= 11 is 3.45. The van der Waals surface area contributed by atoms with Crippen LogP contribution >= 0.6 is 15.9 Å². The average molecular weight is 470 g/mol. The van der Waals surface area contributed by atoms with E-state index in [1.165, 1.54) is 18.5 Å². The first-order valence-electron chi connectivity index (χ1n) is 8.71. The molecule has 1 N–H and O–H groups in total. The summed E-state index contributed by atoms with van der Waals surface area (Å²) in [6, 6.07) is 12.8. The molecule has 0 saturated carbocycles. The number of nitrogens with one attached hydrogen (secondary N) is 1. The van der Waals surface area contributed by atoms with E-state index in [0.717, 1.165) is 15.4 Å². The zero-order chi connectivity index (χ0) is 21.1. The van der Waals surface area contributed by atoms with Crippen LogP contribution in [0.5, 0.6) is 11.6 Å². The highest BCUT2D eigenvalue weighted by Crippen LogP contribution is 2.37. The van der Waals surface area contributed by atoms with Crippen molar-refractivity contribution in [3.63, 3.8) is 0 Å². The topological polar surface area (TPSA) is 103 Å². The number of nitrogens with zero attached hydrogens (tertiary/aromatic N) is 4. The number of aromatic nitrogens is 3. The zero-order valence-electron chi connectivity index (χ0n) is 15.3. The molecule has 0 bridgehead atoms. The van der Waals surface area contributed by atoms with Crippen LogP contribution in [0.4, 0.5) is 15.9 Å². The van der Waals surface area contributed by atoms with Crippen LogP contribution in [-0.2, 0) is 6.54 Å². The molecule has 0 atom stereocenters. The molecule has 4 rings (SSSR count). The molecule has 8 nitrogen and oxygen atoms in total. The van der Waals surface area contributed by atoms with E-state index < -0.39 is 10.6 Å². The Labute approximate surface area is 178 Å². The lowest BCUT2D eigenvalue weighted by molar-refractivity contribution is -0.385. The second-order valence-corrected chi connectivity index (χ2v) is 7.01. The van der Waals surface area contributed by atoms with Crippen LogP contribution in [0.15, 0.2) is 65.5 Å². The van der Waals surface area contributed by atoms with Gasteiger partial charge < -0.3 is 10.1 Å². The van der Waals surface area contributed by atoms with Crippen LogP contribution < -0.4 is 10.1 Å². The summed E-state index contributed by atoms with van der Waals surface area (Å²) in [6.45, 7) is 0.209. The lowest BCUT2D eigenvalue weighted by Crippen LogP contribution is -2.07. The number of ether oxygens (including phenoxy) is 1. The van der Waals surface area contributed by atoms with Gasteiger partial charge in [0.1, 0.15) is 17.7 Å². The summed E-state index contributed by atoms with van der Waals surface area (Å²) in [5, 5.41) is 15.4. The van der Waals surface area contributed by atoms with Gasteiger partial charge in [0.2, 0.25) is 5.82 Å². The van der Waals surface area contributed by atoms with E-state index >= 15 is 0 Å². The molecule has 10 heteroatoms. The Balaban J connectivity index is 1.67. The molecular weight excluding hydrogens is 457 g/mol. The average Bonchev–Trinajstić information content (AvgIpc) is 2.75. The number of pyridine rings is 1. The smallest absolute Gasteiger partial charge is 0.373 e. The molecule has 2 aromatic heterocycles. The summed E-state index contributed by atoms with van der Waals surface area (Å²) < 4.78 is 19.7. The minimum absolute atomic E-state index is 0.0105. The molecule has 0 spiro atoms. The Morgan fingerprint density at radius 1 is 1.10 bits per heavy atom. The van der Waals surface area contributed by atoms with Crippen molar-refractivity contribution in [3.8, 4) is 11.6 Å². The first-order chi connectivity index (χ1) is 14.5. The van der Waals surface area contributed by atoms with Crippen LogP contribution in [0.25, 0.3) is 10.9 Å². The Morgan fingerprint density at radius 3 is 2.67 bits per heavy atom. The lowest BCUT2D eigenvalue weighted by Gasteiger charge is -2.11. The maximum atomic E-state index is 13.1. The predicted octanol–water partition coefficient (Wildman–Crippen LogP) is 5.24. The maximum absolute atomic E-state index is 13.1. The van der Waals surface area contributed by atoms with Gasteiger partial charge in [-0.25, -0.2) is 9.37 Å². The predicted molar refractivity (Wildman–Crippen MR) is 112 cm³/mol. The minimum Gasteiger partial charge on any atom is -0.431 e. The van der Waals surface area contributed by atoms with Gasteiger partial charge in [0.05, 0.1) is 4.92 Å². The highest BCUT2D eigenvalue weighted by Gasteiger charge is 2.25. The van der Waals surface area contributed by atoms with Crippen molar-refractivity contribution < 1.29 is 14.1 Å². The molecule has 0 aliphatic carbocycles. The van der Waals surface area contributed by atoms with Gasteiger partial charge in [0.15, 0.2) is 5.75 Å². The van der Waals surface area contributed by atoms with Crippen LogP contribution in [0.3, 0.4) is 0 Å². The van der Waals surface area contributed by atoms with Crippen molar-refractivity contribution in [2.45, 2.75) is 6.54 Å². The molecule has 0 aliphatic rings. The number of hydrogen-bond acceptors (Lipinski definition) is 7. The second kappa shape index (κ2) is 8.37.